The van der Waals surface area contributed by atoms with Gasteiger partial charge in [0, 0.05) is 11.1 Å². The molecule has 0 radical (unpaired) electrons. The molecule has 0 atom stereocenters. The Kier molecular flexibility index (Phi) is 20.0. The molecule has 0 heterocycles. The molecule has 0 rings (SSSR count). The Bertz CT molecular complexity index is 468. The predicted octanol–water partition coefficient (Wildman–Crippen LogP) is 7.69. The van der Waals surface area contributed by atoms with Crippen LogP contribution in [-0.4, -0.2) is 25.2 Å². The lowest BCUT2D eigenvalue weighted by Crippen LogP contribution is -2.18. The molecule has 0 aliphatic heterocycles. The minimum absolute atomic E-state index is 0.310. The smallest absolute Gasteiger partial charge is 0.334 e. The highest BCUT2D eigenvalue weighted by Gasteiger charge is 2.23. The maximum Gasteiger partial charge on any atom is 0.334 e. The first kappa shape index (κ1) is 28.7. The average molecular weight is 425 g/mol. The number of unbranched alkanes of at least 4 members (excludes halogenated alkanes) is 10. The molecule has 0 N–H and O–H groups in total. The number of hydrogen-bond acceptors (Lipinski definition) is 4. The molecule has 0 aromatic heterocycles. The van der Waals surface area contributed by atoms with Crippen molar-refractivity contribution in [1.82, 2.24) is 0 Å². The van der Waals surface area contributed by atoms with Crippen molar-refractivity contribution in [3.8, 4) is 0 Å². The quantitative estimate of drug-likeness (QED) is 0.114. The Morgan fingerprint density at radius 3 is 1.20 bits per heavy atom. The molecule has 0 unspecified atom stereocenters. The molecular weight excluding hydrogens is 376 g/mol. The Hall–Kier alpha value is -1.32. The molecule has 0 aliphatic carbocycles. The molecule has 0 saturated heterocycles. The summed E-state index contributed by atoms with van der Waals surface area (Å²) in [6, 6.07) is 0. The number of esters is 2. The van der Waals surface area contributed by atoms with Crippen LogP contribution in [0.25, 0.3) is 0 Å². The van der Waals surface area contributed by atoms with E-state index in [0.29, 0.717) is 37.2 Å². The minimum Gasteiger partial charge on any atom is -0.462 e. The van der Waals surface area contributed by atoms with Gasteiger partial charge in [-0.1, -0.05) is 91.9 Å². The summed E-state index contributed by atoms with van der Waals surface area (Å²) in [5.74, 6) is -0.622. The predicted molar refractivity (Wildman–Crippen MR) is 126 cm³/mol. The molecule has 0 spiro atoms. The summed E-state index contributed by atoms with van der Waals surface area (Å²) in [6.45, 7) is 9.37. The van der Waals surface area contributed by atoms with Gasteiger partial charge in [0.05, 0.1) is 13.2 Å². The van der Waals surface area contributed by atoms with E-state index >= 15 is 0 Å². The van der Waals surface area contributed by atoms with E-state index in [1.54, 1.807) is 0 Å². The van der Waals surface area contributed by atoms with Crippen molar-refractivity contribution in [2.75, 3.05) is 13.2 Å². The van der Waals surface area contributed by atoms with Crippen molar-refractivity contribution < 1.29 is 19.1 Å². The fourth-order valence-electron chi connectivity index (χ4n) is 3.36. The van der Waals surface area contributed by atoms with Gasteiger partial charge in [0.15, 0.2) is 0 Å². The highest BCUT2D eigenvalue weighted by molar-refractivity contribution is 6.00. The number of carbonyl (C=O) groups is 2. The van der Waals surface area contributed by atoms with Crippen LogP contribution in [-0.2, 0) is 19.1 Å². The zero-order valence-electron chi connectivity index (χ0n) is 20.4. The largest absolute Gasteiger partial charge is 0.462 e. The molecule has 0 saturated carbocycles. The van der Waals surface area contributed by atoms with Crippen LogP contribution in [0.15, 0.2) is 11.1 Å². The van der Waals surface area contributed by atoms with Crippen LogP contribution >= 0.6 is 0 Å². The van der Waals surface area contributed by atoms with Crippen molar-refractivity contribution in [1.29, 1.82) is 0 Å². The Labute approximate surface area is 186 Å². The van der Waals surface area contributed by atoms with Gasteiger partial charge in [-0.2, -0.15) is 0 Å². The lowest BCUT2D eigenvalue weighted by atomic mass is 9.96. The molecule has 4 heteroatoms. The third-order valence-electron chi connectivity index (χ3n) is 5.38. The van der Waals surface area contributed by atoms with E-state index in [-0.39, 0.29) is 11.9 Å². The van der Waals surface area contributed by atoms with Crippen LogP contribution in [0.5, 0.6) is 0 Å². The first-order valence-electron chi connectivity index (χ1n) is 12.7. The third kappa shape index (κ3) is 14.6. The maximum absolute atomic E-state index is 12.9. The fourth-order valence-corrected chi connectivity index (χ4v) is 3.36. The Morgan fingerprint density at radius 2 is 0.800 bits per heavy atom. The number of ether oxygens (including phenoxy) is 2. The van der Waals surface area contributed by atoms with Crippen molar-refractivity contribution >= 4 is 11.9 Å². The summed E-state index contributed by atoms with van der Waals surface area (Å²) < 4.78 is 11.0. The third-order valence-corrected chi connectivity index (χ3v) is 5.38. The van der Waals surface area contributed by atoms with Crippen molar-refractivity contribution in [2.24, 2.45) is 0 Å². The van der Waals surface area contributed by atoms with Crippen LogP contribution in [0.2, 0.25) is 0 Å². The Morgan fingerprint density at radius 1 is 0.467 bits per heavy atom. The normalized spacial score (nSPS) is 11.9. The highest BCUT2D eigenvalue weighted by atomic mass is 16.5. The number of hydrogen-bond donors (Lipinski definition) is 0. The van der Waals surface area contributed by atoms with E-state index in [1.807, 2.05) is 0 Å². The van der Waals surface area contributed by atoms with Crippen LogP contribution in [0, 0.1) is 0 Å². The first-order chi connectivity index (χ1) is 14.6. The van der Waals surface area contributed by atoms with Crippen molar-refractivity contribution in [3.05, 3.63) is 11.1 Å². The number of rotatable bonds is 20. The summed E-state index contributed by atoms with van der Waals surface area (Å²) >= 11 is 0. The van der Waals surface area contributed by atoms with Gasteiger partial charge in [0.25, 0.3) is 0 Å². The second kappa shape index (κ2) is 20.9. The molecule has 176 valence electrons. The van der Waals surface area contributed by atoms with Gasteiger partial charge < -0.3 is 9.47 Å². The van der Waals surface area contributed by atoms with E-state index in [2.05, 4.69) is 27.7 Å². The van der Waals surface area contributed by atoms with Gasteiger partial charge in [0.2, 0.25) is 0 Å². The number of carbonyl (C=O) groups excluding carboxylic acids is 2. The second-order valence-electron chi connectivity index (χ2n) is 8.26. The molecule has 0 aliphatic rings. The van der Waals surface area contributed by atoms with E-state index in [0.717, 1.165) is 64.2 Å². The first-order valence-corrected chi connectivity index (χ1v) is 12.7. The standard InChI is InChI=1S/C26H48O4/c1-5-9-13-15-16-18-20-24(26(28)30-22-12-8-4)23(19-17-14-10-6-2)25(27)29-21-11-7-3/h5-22H2,1-4H3. The topological polar surface area (TPSA) is 52.6 Å². The summed E-state index contributed by atoms with van der Waals surface area (Å²) in [7, 11) is 0. The molecule has 0 bridgehead atoms. The SMILES string of the molecule is CCCCCCCCC(C(=O)OCCCC)=C(CCCCCC)C(=O)OCCCC. The molecule has 0 amide bonds. The summed E-state index contributed by atoms with van der Waals surface area (Å²) in [5.41, 5.74) is 1.14. The van der Waals surface area contributed by atoms with Crippen LogP contribution < -0.4 is 0 Å². The van der Waals surface area contributed by atoms with Gasteiger partial charge in [-0.25, -0.2) is 9.59 Å². The minimum atomic E-state index is -0.312. The monoisotopic (exact) mass is 424 g/mol. The lowest BCUT2D eigenvalue weighted by Gasteiger charge is -2.15. The molecule has 0 aromatic rings. The van der Waals surface area contributed by atoms with E-state index < -0.39 is 0 Å². The summed E-state index contributed by atoms with van der Waals surface area (Å²) in [5, 5.41) is 0. The van der Waals surface area contributed by atoms with E-state index in [4.69, 9.17) is 9.47 Å². The molecule has 0 fully saturated rings. The second-order valence-corrected chi connectivity index (χ2v) is 8.26. The molecular formula is C26H48O4. The average Bonchev–Trinajstić information content (AvgIpc) is 2.74. The van der Waals surface area contributed by atoms with Crippen LogP contribution in [0.4, 0.5) is 0 Å². The van der Waals surface area contributed by atoms with Crippen molar-refractivity contribution in [2.45, 2.75) is 130 Å². The Balaban J connectivity index is 5.29. The van der Waals surface area contributed by atoms with Gasteiger partial charge in [-0.05, 0) is 38.5 Å². The fraction of sp³-hybridized carbons (Fsp3) is 0.846. The van der Waals surface area contributed by atoms with E-state index in [1.165, 1.54) is 25.7 Å². The summed E-state index contributed by atoms with van der Waals surface area (Å²) in [6.07, 6.45) is 16.0. The van der Waals surface area contributed by atoms with Crippen LogP contribution in [0.1, 0.15) is 130 Å². The highest BCUT2D eigenvalue weighted by Crippen LogP contribution is 2.23. The zero-order valence-corrected chi connectivity index (χ0v) is 20.4. The molecule has 30 heavy (non-hydrogen) atoms. The van der Waals surface area contributed by atoms with Gasteiger partial charge >= 0.3 is 11.9 Å². The zero-order chi connectivity index (χ0) is 22.5. The van der Waals surface area contributed by atoms with Crippen molar-refractivity contribution in [3.63, 3.8) is 0 Å². The molecule has 4 nitrogen and oxygen atoms in total. The summed E-state index contributed by atoms with van der Waals surface area (Å²) in [4.78, 5) is 25.7. The van der Waals surface area contributed by atoms with Gasteiger partial charge in [-0.15, -0.1) is 0 Å². The van der Waals surface area contributed by atoms with Gasteiger partial charge in [-0.3, -0.25) is 0 Å². The van der Waals surface area contributed by atoms with Gasteiger partial charge in [0.1, 0.15) is 0 Å². The van der Waals surface area contributed by atoms with E-state index in [9.17, 15) is 9.59 Å². The lowest BCUT2D eigenvalue weighted by molar-refractivity contribution is -0.142. The van der Waals surface area contributed by atoms with Crippen LogP contribution in [0.3, 0.4) is 0 Å². The maximum atomic E-state index is 12.9. The molecule has 0 aromatic carbocycles.